The highest BCUT2D eigenvalue weighted by atomic mass is 16.5. The van der Waals surface area contributed by atoms with Crippen LogP contribution >= 0.6 is 0 Å². The van der Waals surface area contributed by atoms with Crippen molar-refractivity contribution in [2.45, 2.75) is 19.4 Å². The largest absolute Gasteiger partial charge is 0.465 e. The number of nitrogens with zero attached hydrogens (tertiary/aromatic N) is 1. The lowest BCUT2D eigenvalue weighted by molar-refractivity contribution is -0.144. The molecule has 0 aliphatic rings. The van der Waals surface area contributed by atoms with E-state index in [4.69, 9.17) is 10.5 Å². The Bertz CT molecular complexity index is 552. The van der Waals surface area contributed by atoms with Crippen LogP contribution in [-0.2, 0) is 16.0 Å². The number of esters is 1. The van der Waals surface area contributed by atoms with E-state index in [0.717, 1.165) is 16.8 Å². The molecule has 0 radical (unpaired) electrons. The van der Waals surface area contributed by atoms with Crippen molar-refractivity contribution in [3.8, 4) is 11.3 Å². The quantitative estimate of drug-likeness (QED) is 0.846. The van der Waals surface area contributed by atoms with Gasteiger partial charge in [-0.05, 0) is 31.0 Å². The molecule has 1 atom stereocenters. The average molecular weight is 270 g/mol. The number of ether oxygens (including phenoxy) is 1. The Morgan fingerprint density at radius 2 is 2.00 bits per heavy atom. The summed E-state index contributed by atoms with van der Waals surface area (Å²) in [4.78, 5) is 15.8. The molecule has 0 amide bonds. The van der Waals surface area contributed by atoms with E-state index in [-0.39, 0.29) is 5.97 Å². The Morgan fingerprint density at radius 3 is 2.60 bits per heavy atom. The lowest BCUT2D eigenvalue weighted by atomic mass is 10.0. The maximum Gasteiger partial charge on any atom is 0.323 e. The van der Waals surface area contributed by atoms with E-state index in [1.54, 1.807) is 13.1 Å². The zero-order valence-electron chi connectivity index (χ0n) is 11.5. The Labute approximate surface area is 118 Å². The molecule has 2 rings (SSSR count). The molecule has 0 bridgehead atoms. The van der Waals surface area contributed by atoms with Crippen molar-refractivity contribution in [1.29, 1.82) is 0 Å². The smallest absolute Gasteiger partial charge is 0.323 e. The van der Waals surface area contributed by atoms with E-state index in [9.17, 15) is 4.79 Å². The Hall–Kier alpha value is -2.20. The first kappa shape index (κ1) is 14.2. The molecular weight excluding hydrogens is 252 g/mol. The third-order valence-corrected chi connectivity index (χ3v) is 2.96. The molecule has 1 unspecified atom stereocenters. The predicted molar refractivity (Wildman–Crippen MR) is 78.0 cm³/mol. The van der Waals surface area contributed by atoms with Gasteiger partial charge < -0.3 is 10.5 Å². The molecule has 0 aliphatic carbocycles. The van der Waals surface area contributed by atoms with Crippen molar-refractivity contribution < 1.29 is 9.53 Å². The number of aromatic nitrogens is 1. The van der Waals surface area contributed by atoms with Gasteiger partial charge in [-0.25, -0.2) is 0 Å². The fourth-order valence-electron chi connectivity index (χ4n) is 1.93. The van der Waals surface area contributed by atoms with Crippen molar-refractivity contribution in [2.24, 2.45) is 5.73 Å². The summed E-state index contributed by atoms with van der Waals surface area (Å²) in [5.74, 6) is -0.360. The van der Waals surface area contributed by atoms with Crippen LogP contribution in [0.25, 0.3) is 11.3 Å². The van der Waals surface area contributed by atoms with Gasteiger partial charge in [0.25, 0.3) is 0 Å². The maximum atomic E-state index is 11.5. The first-order valence-electron chi connectivity index (χ1n) is 6.63. The molecule has 2 N–H and O–H groups in total. The number of benzene rings is 1. The highest BCUT2D eigenvalue weighted by Gasteiger charge is 2.14. The van der Waals surface area contributed by atoms with Crippen LogP contribution in [0.4, 0.5) is 0 Å². The predicted octanol–water partition coefficient (Wildman–Crippen LogP) is 2.18. The molecule has 0 aliphatic heterocycles. The van der Waals surface area contributed by atoms with E-state index in [1.165, 1.54) is 0 Å². The summed E-state index contributed by atoms with van der Waals surface area (Å²) in [5, 5.41) is 0. The molecular formula is C16H18N2O2. The summed E-state index contributed by atoms with van der Waals surface area (Å²) >= 11 is 0. The minimum atomic E-state index is -0.615. The van der Waals surface area contributed by atoms with E-state index >= 15 is 0 Å². The molecule has 1 aromatic carbocycles. The first-order chi connectivity index (χ1) is 9.70. The molecule has 0 saturated carbocycles. The van der Waals surface area contributed by atoms with Gasteiger partial charge in [-0.3, -0.25) is 9.78 Å². The third-order valence-electron chi connectivity index (χ3n) is 2.96. The third kappa shape index (κ3) is 3.65. The summed E-state index contributed by atoms with van der Waals surface area (Å²) < 4.78 is 4.89. The number of hydrogen-bond acceptors (Lipinski definition) is 4. The SMILES string of the molecule is CCOC(=O)C(N)Cc1ccc(-c2ccccn2)cc1. The lowest BCUT2D eigenvalue weighted by Gasteiger charge is -2.10. The average Bonchev–Trinajstić information content (AvgIpc) is 2.49. The standard InChI is InChI=1S/C16H18N2O2/c1-2-20-16(19)14(17)11-12-6-8-13(9-7-12)15-5-3-4-10-18-15/h3-10,14H,2,11,17H2,1H3. The van der Waals surface area contributed by atoms with E-state index in [1.807, 2.05) is 42.5 Å². The molecule has 0 fully saturated rings. The van der Waals surface area contributed by atoms with Crippen molar-refractivity contribution in [3.05, 3.63) is 54.2 Å². The minimum Gasteiger partial charge on any atom is -0.465 e. The monoisotopic (exact) mass is 270 g/mol. The van der Waals surface area contributed by atoms with Crippen molar-refractivity contribution in [2.75, 3.05) is 6.61 Å². The summed E-state index contributed by atoms with van der Waals surface area (Å²) in [5.41, 5.74) is 8.77. The van der Waals surface area contributed by atoms with Crippen molar-refractivity contribution in [1.82, 2.24) is 4.98 Å². The van der Waals surface area contributed by atoms with Gasteiger partial charge in [-0.1, -0.05) is 30.3 Å². The van der Waals surface area contributed by atoms with Crippen LogP contribution in [0.15, 0.2) is 48.7 Å². The molecule has 0 saturated heterocycles. The molecule has 20 heavy (non-hydrogen) atoms. The summed E-state index contributed by atoms with van der Waals surface area (Å²) in [7, 11) is 0. The molecule has 0 spiro atoms. The minimum absolute atomic E-state index is 0.352. The second-order valence-electron chi connectivity index (χ2n) is 4.47. The molecule has 104 valence electrons. The van der Waals surface area contributed by atoms with Crippen LogP contribution in [0, 0.1) is 0 Å². The first-order valence-corrected chi connectivity index (χ1v) is 6.63. The molecule has 1 heterocycles. The van der Waals surface area contributed by atoms with E-state index in [2.05, 4.69) is 4.98 Å². The van der Waals surface area contributed by atoms with Gasteiger partial charge in [0.2, 0.25) is 0 Å². The second kappa shape index (κ2) is 6.82. The van der Waals surface area contributed by atoms with Crippen LogP contribution in [0.1, 0.15) is 12.5 Å². The van der Waals surface area contributed by atoms with Gasteiger partial charge in [0.1, 0.15) is 6.04 Å². The number of carbonyl (C=O) groups is 1. The maximum absolute atomic E-state index is 11.5. The highest BCUT2D eigenvalue weighted by molar-refractivity contribution is 5.75. The van der Waals surface area contributed by atoms with Gasteiger partial charge >= 0.3 is 5.97 Å². The normalized spacial score (nSPS) is 11.9. The molecule has 2 aromatic rings. The fraction of sp³-hybridized carbons (Fsp3) is 0.250. The van der Waals surface area contributed by atoms with Gasteiger partial charge in [0.15, 0.2) is 0 Å². The number of rotatable bonds is 5. The van der Waals surface area contributed by atoms with Gasteiger partial charge in [-0.2, -0.15) is 0 Å². The molecule has 1 aromatic heterocycles. The van der Waals surface area contributed by atoms with Crippen LogP contribution in [0.2, 0.25) is 0 Å². The van der Waals surface area contributed by atoms with Crippen LogP contribution in [-0.4, -0.2) is 23.6 Å². The number of carbonyl (C=O) groups excluding carboxylic acids is 1. The van der Waals surface area contributed by atoms with Crippen LogP contribution in [0.5, 0.6) is 0 Å². The zero-order chi connectivity index (χ0) is 14.4. The van der Waals surface area contributed by atoms with Crippen molar-refractivity contribution in [3.63, 3.8) is 0 Å². The fourth-order valence-corrected chi connectivity index (χ4v) is 1.93. The topological polar surface area (TPSA) is 65.2 Å². The van der Waals surface area contributed by atoms with Gasteiger partial charge in [0, 0.05) is 11.8 Å². The Kier molecular flexibility index (Phi) is 4.85. The number of nitrogens with two attached hydrogens (primary N) is 1. The lowest BCUT2D eigenvalue weighted by Crippen LogP contribution is -2.34. The van der Waals surface area contributed by atoms with Crippen LogP contribution in [0.3, 0.4) is 0 Å². The highest BCUT2D eigenvalue weighted by Crippen LogP contribution is 2.17. The zero-order valence-corrected chi connectivity index (χ0v) is 11.5. The molecule has 4 heteroatoms. The molecule has 4 nitrogen and oxygen atoms in total. The van der Waals surface area contributed by atoms with Gasteiger partial charge in [-0.15, -0.1) is 0 Å². The van der Waals surface area contributed by atoms with Gasteiger partial charge in [0.05, 0.1) is 12.3 Å². The van der Waals surface area contributed by atoms with Crippen LogP contribution < -0.4 is 5.73 Å². The second-order valence-corrected chi connectivity index (χ2v) is 4.47. The van der Waals surface area contributed by atoms with E-state index in [0.29, 0.717) is 13.0 Å². The van der Waals surface area contributed by atoms with Crippen molar-refractivity contribution >= 4 is 5.97 Å². The number of hydrogen-bond donors (Lipinski definition) is 1. The summed E-state index contributed by atoms with van der Waals surface area (Å²) in [6.07, 6.45) is 2.24. The Morgan fingerprint density at radius 1 is 1.25 bits per heavy atom. The number of pyridine rings is 1. The Balaban J connectivity index is 2.04. The summed E-state index contributed by atoms with van der Waals surface area (Å²) in [6, 6.07) is 13.1. The van der Waals surface area contributed by atoms with E-state index < -0.39 is 6.04 Å². The summed E-state index contributed by atoms with van der Waals surface area (Å²) in [6.45, 7) is 2.12.